The maximum absolute atomic E-state index is 5.98. The van der Waals surface area contributed by atoms with Crippen molar-refractivity contribution in [2.45, 2.75) is 37.9 Å². The van der Waals surface area contributed by atoms with Crippen LogP contribution in [0.4, 0.5) is 11.5 Å². The van der Waals surface area contributed by atoms with E-state index in [0.29, 0.717) is 11.3 Å². The second-order valence-corrected chi connectivity index (χ2v) is 6.78. The highest BCUT2D eigenvalue weighted by atomic mass is 32.2. The summed E-state index contributed by atoms with van der Waals surface area (Å²) in [6.07, 6.45) is 4.52. The minimum Gasteiger partial charge on any atom is -0.382 e. The van der Waals surface area contributed by atoms with Crippen molar-refractivity contribution >= 4 is 39.5 Å². The van der Waals surface area contributed by atoms with Crippen LogP contribution in [0.25, 0.3) is 11.2 Å². The van der Waals surface area contributed by atoms with Crippen LogP contribution < -0.4 is 5.73 Å². The van der Waals surface area contributed by atoms with Gasteiger partial charge in [-0.2, -0.15) is 0 Å². The smallest absolute Gasteiger partial charge is 0.176 e. The molecule has 0 spiro atoms. The van der Waals surface area contributed by atoms with Crippen molar-refractivity contribution in [1.82, 2.24) is 19.5 Å². The number of hydrogen-bond acceptors (Lipinski definition) is 6. The molecule has 4 rings (SSSR count). The van der Waals surface area contributed by atoms with E-state index in [-0.39, 0.29) is 0 Å². The van der Waals surface area contributed by atoms with Crippen LogP contribution in [0.1, 0.15) is 25.3 Å². The SMILES string of the molecule is CCCCn1c(SC2=Nc3ccccc3C2)nc2c(N)ncnc21. The van der Waals surface area contributed by atoms with Gasteiger partial charge in [-0.25, -0.2) is 19.9 Å². The second-order valence-electron chi connectivity index (χ2n) is 5.74. The molecule has 24 heavy (non-hydrogen) atoms. The predicted molar refractivity (Wildman–Crippen MR) is 97.7 cm³/mol. The van der Waals surface area contributed by atoms with Gasteiger partial charge in [0.2, 0.25) is 0 Å². The molecule has 3 aromatic rings. The molecule has 0 atom stereocenters. The summed E-state index contributed by atoms with van der Waals surface area (Å²) in [5, 5.41) is 1.94. The normalized spacial score (nSPS) is 13.3. The Morgan fingerprint density at radius 2 is 2.12 bits per heavy atom. The van der Waals surface area contributed by atoms with E-state index in [1.165, 1.54) is 11.9 Å². The summed E-state index contributed by atoms with van der Waals surface area (Å²) in [5.41, 5.74) is 9.76. The Hall–Kier alpha value is -2.41. The number of fused-ring (bicyclic) bond motifs is 2. The number of unbranched alkanes of at least 4 members (excludes halogenated alkanes) is 1. The fourth-order valence-electron chi connectivity index (χ4n) is 2.80. The highest BCUT2D eigenvalue weighted by molar-refractivity contribution is 8.13. The summed E-state index contributed by atoms with van der Waals surface area (Å²) in [6.45, 7) is 3.04. The number of hydrogen-bond donors (Lipinski definition) is 1. The van der Waals surface area contributed by atoms with E-state index in [0.717, 1.165) is 47.3 Å². The maximum Gasteiger partial charge on any atom is 0.176 e. The number of aryl methyl sites for hydroxylation is 1. The van der Waals surface area contributed by atoms with Gasteiger partial charge in [-0.1, -0.05) is 31.5 Å². The van der Waals surface area contributed by atoms with Gasteiger partial charge in [-0.15, -0.1) is 0 Å². The molecular weight excluding hydrogens is 320 g/mol. The lowest BCUT2D eigenvalue weighted by molar-refractivity contribution is 0.598. The third-order valence-corrected chi connectivity index (χ3v) is 5.01. The zero-order valence-electron chi connectivity index (χ0n) is 13.4. The van der Waals surface area contributed by atoms with Crippen LogP contribution in [-0.4, -0.2) is 24.6 Å². The molecule has 0 fully saturated rings. The van der Waals surface area contributed by atoms with E-state index >= 15 is 0 Å². The third-order valence-electron chi connectivity index (χ3n) is 4.05. The molecule has 0 radical (unpaired) electrons. The molecule has 3 heterocycles. The fourth-order valence-corrected chi connectivity index (χ4v) is 3.81. The number of anilines is 1. The first-order valence-electron chi connectivity index (χ1n) is 8.06. The lowest BCUT2D eigenvalue weighted by Crippen LogP contribution is -2.03. The predicted octanol–water partition coefficient (Wildman–Crippen LogP) is 3.59. The maximum atomic E-state index is 5.98. The topological polar surface area (TPSA) is 82.0 Å². The van der Waals surface area contributed by atoms with Gasteiger partial charge in [0.05, 0.1) is 10.7 Å². The van der Waals surface area contributed by atoms with Gasteiger partial charge in [0.25, 0.3) is 0 Å². The number of nitrogens with two attached hydrogens (primary N) is 1. The van der Waals surface area contributed by atoms with Crippen molar-refractivity contribution in [3.05, 3.63) is 36.2 Å². The van der Waals surface area contributed by atoms with E-state index in [4.69, 9.17) is 10.7 Å². The number of nitrogens with zero attached hydrogens (tertiary/aromatic N) is 5. The van der Waals surface area contributed by atoms with Crippen molar-refractivity contribution in [3.8, 4) is 0 Å². The van der Waals surface area contributed by atoms with Gasteiger partial charge in [-0.05, 0) is 29.8 Å². The van der Waals surface area contributed by atoms with Crippen molar-refractivity contribution in [1.29, 1.82) is 0 Å². The minimum atomic E-state index is 0.425. The van der Waals surface area contributed by atoms with Gasteiger partial charge < -0.3 is 10.3 Å². The van der Waals surface area contributed by atoms with Crippen LogP contribution in [0.2, 0.25) is 0 Å². The first kappa shape index (κ1) is 15.1. The molecule has 1 aromatic carbocycles. The Balaban J connectivity index is 1.70. The Bertz CT molecular complexity index is 930. The summed E-state index contributed by atoms with van der Waals surface area (Å²) < 4.78 is 2.13. The molecular formula is C17H18N6S. The molecule has 7 heteroatoms. The summed E-state index contributed by atoms with van der Waals surface area (Å²) in [5.74, 6) is 0.425. The zero-order valence-corrected chi connectivity index (χ0v) is 14.3. The van der Waals surface area contributed by atoms with Crippen molar-refractivity contribution in [2.75, 3.05) is 5.73 Å². The lowest BCUT2D eigenvalue weighted by Gasteiger charge is -2.07. The van der Waals surface area contributed by atoms with Crippen LogP contribution in [0.5, 0.6) is 0 Å². The van der Waals surface area contributed by atoms with Gasteiger partial charge in [0.1, 0.15) is 6.33 Å². The van der Waals surface area contributed by atoms with Crippen LogP contribution >= 0.6 is 11.8 Å². The van der Waals surface area contributed by atoms with Gasteiger partial charge in [0.15, 0.2) is 22.1 Å². The van der Waals surface area contributed by atoms with Gasteiger partial charge >= 0.3 is 0 Å². The quantitative estimate of drug-likeness (QED) is 0.786. The van der Waals surface area contributed by atoms with E-state index in [2.05, 4.69) is 38.6 Å². The Labute approximate surface area is 144 Å². The van der Waals surface area contributed by atoms with Gasteiger partial charge in [-0.3, -0.25) is 0 Å². The number of para-hydroxylation sites is 1. The number of aromatic nitrogens is 4. The molecule has 0 saturated carbocycles. The largest absolute Gasteiger partial charge is 0.382 e. The van der Waals surface area contributed by atoms with E-state index < -0.39 is 0 Å². The summed E-state index contributed by atoms with van der Waals surface area (Å²) in [7, 11) is 0. The molecule has 0 amide bonds. The Morgan fingerprint density at radius 1 is 1.25 bits per heavy atom. The molecule has 1 aliphatic rings. The minimum absolute atomic E-state index is 0.425. The molecule has 2 N–H and O–H groups in total. The Morgan fingerprint density at radius 3 is 2.96 bits per heavy atom. The molecule has 0 unspecified atom stereocenters. The second kappa shape index (κ2) is 6.24. The number of imidazole rings is 1. The number of benzene rings is 1. The first-order valence-corrected chi connectivity index (χ1v) is 8.88. The third kappa shape index (κ3) is 2.65. The average molecular weight is 338 g/mol. The van der Waals surface area contributed by atoms with E-state index in [1.807, 2.05) is 12.1 Å². The summed E-state index contributed by atoms with van der Waals surface area (Å²) in [4.78, 5) is 17.8. The van der Waals surface area contributed by atoms with Crippen LogP contribution in [-0.2, 0) is 13.0 Å². The van der Waals surface area contributed by atoms with Gasteiger partial charge in [0, 0.05) is 13.0 Å². The molecule has 0 bridgehead atoms. The number of aliphatic imine (C=N–C) groups is 1. The average Bonchev–Trinajstić information content (AvgIpc) is 3.15. The monoisotopic (exact) mass is 338 g/mol. The van der Waals surface area contributed by atoms with Crippen molar-refractivity contribution in [2.24, 2.45) is 4.99 Å². The van der Waals surface area contributed by atoms with E-state index in [1.54, 1.807) is 11.8 Å². The highest BCUT2D eigenvalue weighted by Gasteiger charge is 2.20. The van der Waals surface area contributed by atoms with Crippen LogP contribution in [0, 0.1) is 0 Å². The van der Waals surface area contributed by atoms with E-state index in [9.17, 15) is 0 Å². The summed E-state index contributed by atoms with van der Waals surface area (Å²) >= 11 is 1.60. The van der Waals surface area contributed by atoms with Crippen LogP contribution in [0.15, 0.2) is 40.7 Å². The molecule has 2 aromatic heterocycles. The molecule has 1 aliphatic heterocycles. The standard InChI is InChI=1S/C17H18N6S/c1-2-3-8-23-16-14(15(18)19-10-20-16)22-17(23)24-13-9-11-6-4-5-7-12(11)21-13/h4-7,10H,2-3,8-9H2,1H3,(H2,18,19,20). The molecule has 122 valence electrons. The summed E-state index contributed by atoms with van der Waals surface area (Å²) in [6, 6.07) is 8.24. The molecule has 6 nitrogen and oxygen atoms in total. The molecule has 0 saturated heterocycles. The lowest BCUT2D eigenvalue weighted by atomic mass is 10.2. The van der Waals surface area contributed by atoms with Crippen LogP contribution in [0.3, 0.4) is 0 Å². The number of rotatable bonds is 4. The zero-order chi connectivity index (χ0) is 16.5. The number of thioether (sulfide) groups is 1. The first-order chi connectivity index (χ1) is 11.8. The fraction of sp³-hybridized carbons (Fsp3) is 0.294. The number of nitrogen functional groups attached to an aromatic ring is 1. The van der Waals surface area contributed by atoms with Crippen molar-refractivity contribution in [3.63, 3.8) is 0 Å². The highest BCUT2D eigenvalue weighted by Crippen LogP contribution is 2.34. The Kier molecular flexibility index (Phi) is 3.93. The molecule has 0 aliphatic carbocycles. The van der Waals surface area contributed by atoms with Crippen molar-refractivity contribution < 1.29 is 0 Å².